The quantitative estimate of drug-likeness (QED) is 0.144. The molecule has 5 rings (SSSR count). The van der Waals surface area contributed by atoms with Gasteiger partial charge < -0.3 is 18.7 Å². The molecule has 0 saturated heterocycles. The molecule has 0 unspecified atom stereocenters. The van der Waals surface area contributed by atoms with Crippen LogP contribution >= 0.6 is 0 Å². The van der Waals surface area contributed by atoms with Crippen molar-refractivity contribution in [3.8, 4) is 0 Å². The smallest absolute Gasteiger partial charge is 0.369 e. The molecule has 0 aliphatic heterocycles. The molecule has 0 atom stereocenters. The van der Waals surface area contributed by atoms with E-state index in [0.717, 1.165) is 39.3 Å². The zero-order valence-electron chi connectivity index (χ0n) is 26.2. The average Bonchev–Trinajstić information content (AvgIpc) is 2.99. The lowest BCUT2D eigenvalue weighted by atomic mass is 10.1. The minimum Gasteiger partial charge on any atom is -0.391 e. The van der Waals surface area contributed by atoms with E-state index in [2.05, 4.69) is 158 Å². The minimum atomic E-state index is -2.47. The molecular formula is C38H42N2O2Si. The van der Waals surface area contributed by atoms with Crippen molar-refractivity contribution in [3.63, 3.8) is 0 Å². The Hall–Kier alpha value is -4.16. The largest absolute Gasteiger partial charge is 0.391 e. The van der Waals surface area contributed by atoms with Gasteiger partial charge in [0.05, 0.1) is 0 Å². The lowest BCUT2D eigenvalue weighted by molar-refractivity contribution is 0.202. The van der Waals surface area contributed by atoms with Crippen LogP contribution < -0.4 is 15.0 Å². The second-order valence-corrected chi connectivity index (χ2v) is 14.1. The van der Waals surface area contributed by atoms with Crippen LogP contribution in [0.15, 0.2) is 121 Å². The summed E-state index contributed by atoms with van der Waals surface area (Å²) in [5.41, 5.74) is 10.3. The molecule has 0 fully saturated rings. The van der Waals surface area contributed by atoms with Gasteiger partial charge in [-0.25, -0.2) is 0 Å². The van der Waals surface area contributed by atoms with Crippen molar-refractivity contribution < 1.29 is 8.85 Å². The van der Waals surface area contributed by atoms with Crippen molar-refractivity contribution in [2.24, 2.45) is 0 Å². The summed E-state index contributed by atoms with van der Waals surface area (Å²) < 4.78 is 12.3. The van der Waals surface area contributed by atoms with Crippen LogP contribution in [0.25, 0.3) is 0 Å². The predicted molar refractivity (Wildman–Crippen MR) is 185 cm³/mol. The Kier molecular flexibility index (Phi) is 9.46. The zero-order valence-corrected chi connectivity index (χ0v) is 27.2. The van der Waals surface area contributed by atoms with Crippen LogP contribution in [-0.2, 0) is 8.85 Å². The van der Waals surface area contributed by atoms with Crippen molar-refractivity contribution in [2.45, 2.75) is 41.2 Å². The molecule has 4 nitrogen and oxygen atoms in total. The fraction of sp³-hybridized carbons (Fsp3) is 0.211. The third-order valence-corrected chi connectivity index (χ3v) is 10.7. The van der Waals surface area contributed by atoms with Crippen LogP contribution in [0.5, 0.6) is 0 Å². The molecule has 0 N–H and O–H groups in total. The first-order valence-electron chi connectivity index (χ1n) is 15.1. The number of hydrogen-bond donors (Lipinski definition) is 0. The zero-order chi connectivity index (χ0) is 30.4. The first-order chi connectivity index (χ1) is 20.8. The van der Waals surface area contributed by atoms with E-state index < -0.39 is 8.56 Å². The Morgan fingerprint density at radius 2 is 0.791 bits per heavy atom. The number of aryl methyl sites for hydroxylation is 3. The van der Waals surface area contributed by atoms with E-state index in [0.29, 0.717) is 13.2 Å². The van der Waals surface area contributed by atoms with Crippen LogP contribution in [-0.4, -0.2) is 21.8 Å². The molecule has 0 amide bonds. The Bertz CT molecular complexity index is 1600. The molecule has 0 aliphatic carbocycles. The molecule has 0 radical (unpaired) electrons. The molecule has 43 heavy (non-hydrogen) atoms. The normalized spacial score (nSPS) is 11.4. The highest BCUT2D eigenvalue weighted by atomic mass is 28.4. The van der Waals surface area contributed by atoms with E-state index in [1.807, 2.05) is 13.8 Å². The van der Waals surface area contributed by atoms with Crippen molar-refractivity contribution in [1.82, 2.24) is 0 Å². The molecule has 0 aliphatic rings. The summed E-state index contributed by atoms with van der Waals surface area (Å²) >= 11 is 0. The number of hydrogen-bond acceptors (Lipinski definition) is 4. The van der Waals surface area contributed by atoms with Gasteiger partial charge in [-0.2, -0.15) is 0 Å². The first kappa shape index (κ1) is 30.3. The van der Waals surface area contributed by atoms with E-state index in [1.54, 1.807) is 0 Å². The van der Waals surface area contributed by atoms with Crippen LogP contribution in [0.2, 0.25) is 6.55 Å². The van der Waals surface area contributed by atoms with Gasteiger partial charge in [0, 0.05) is 47.3 Å². The Morgan fingerprint density at radius 3 is 1.12 bits per heavy atom. The topological polar surface area (TPSA) is 24.9 Å². The highest BCUT2D eigenvalue weighted by Gasteiger charge is 2.33. The molecule has 0 heterocycles. The van der Waals surface area contributed by atoms with E-state index in [4.69, 9.17) is 8.85 Å². The van der Waals surface area contributed by atoms with E-state index in [9.17, 15) is 0 Å². The number of nitrogens with zero attached hydrogens (tertiary/aromatic N) is 2. The molecule has 5 heteroatoms. The van der Waals surface area contributed by atoms with E-state index in [-0.39, 0.29) is 0 Å². The van der Waals surface area contributed by atoms with Crippen molar-refractivity contribution in [1.29, 1.82) is 0 Å². The van der Waals surface area contributed by atoms with E-state index >= 15 is 0 Å². The lowest BCUT2D eigenvalue weighted by Gasteiger charge is -2.30. The monoisotopic (exact) mass is 586 g/mol. The van der Waals surface area contributed by atoms with Gasteiger partial charge in [0.15, 0.2) is 0 Å². The van der Waals surface area contributed by atoms with Gasteiger partial charge in [0.2, 0.25) is 0 Å². The molecule has 0 saturated carbocycles. The van der Waals surface area contributed by atoms with Crippen LogP contribution in [0, 0.1) is 20.8 Å². The summed E-state index contributed by atoms with van der Waals surface area (Å²) in [5, 5.41) is 1.13. The molecule has 0 aromatic heterocycles. The summed E-state index contributed by atoms with van der Waals surface area (Å²) in [6.07, 6.45) is 0. The summed E-state index contributed by atoms with van der Waals surface area (Å²) in [6, 6.07) is 43.5. The molecular weight excluding hydrogens is 545 g/mol. The summed E-state index contributed by atoms with van der Waals surface area (Å²) in [5.74, 6) is 0. The Labute approximate surface area is 258 Å². The van der Waals surface area contributed by atoms with Gasteiger partial charge in [-0.3, -0.25) is 0 Å². The maximum absolute atomic E-state index is 6.16. The third kappa shape index (κ3) is 6.91. The standard InChI is InChI=1S/C38H42N2O2Si/c1-7-41-43(6,42-8-2)38-24-22-34(23-25-38)39(35-15-9-12-29(3)26-35)32-18-20-33(21-19-32)40(36-16-10-13-30(4)27-36)37-17-11-14-31(5)28-37/h9-28H,7-8H2,1-6H3. The van der Waals surface area contributed by atoms with Crippen LogP contribution in [0.1, 0.15) is 30.5 Å². The highest BCUT2D eigenvalue weighted by Crippen LogP contribution is 2.39. The number of anilines is 6. The maximum Gasteiger partial charge on any atom is 0.369 e. The predicted octanol–water partition coefficient (Wildman–Crippen LogP) is 9.90. The molecule has 5 aromatic carbocycles. The minimum absolute atomic E-state index is 0.633. The van der Waals surface area contributed by atoms with Gasteiger partial charge in [-0.15, -0.1) is 0 Å². The lowest BCUT2D eigenvalue weighted by Crippen LogP contribution is -2.51. The maximum atomic E-state index is 6.16. The van der Waals surface area contributed by atoms with Gasteiger partial charge in [-0.05, 0) is 136 Å². The number of benzene rings is 5. The first-order valence-corrected chi connectivity index (χ1v) is 17.4. The van der Waals surface area contributed by atoms with Crippen molar-refractivity contribution in [3.05, 3.63) is 138 Å². The second kappa shape index (κ2) is 13.4. The Balaban J connectivity index is 1.56. The highest BCUT2D eigenvalue weighted by molar-refractivity contribution is 6.80. The number of rotatable bonds is 11. The molecule has 0 bridgehead atoms. The van der Waals surface area contributed by atoms with Crippen molar-refractivity contribution >= 4 is 47.9 Å². The van der Waals surface area contributed by atoms with Gasteiger partial charge in [-0.1, -0.05) is 48.5 Å². The van der Waals surface area contributed by atoms with Crippen molar-refractivity contribution in [2.75, 3.05) is 23.0 Å². The third-order valence-electron chi connectivity index (χ3n) is 7.64. The average molecular weight is 587 g/mol. The molecule has 5 aromatic rings. The second-order valence-electron chi connectivity index (χ2n) is 11.1. The SMILES string of the molecule is CCO[Si](C)(OCC)c1ccc(N(c2ccc(N(c3cccc(C)c3)c3cccc(C)c3)cc2)c2cccc(C)c2)cc1. The summed E-state index contributed by atoms with van der Waals surface area (Å²) in [7, 11) is -2.47. The summed E-state index contributed by atoms with van der Waals surface area (Å²) in [4.78, 5) is 4.63. The molecule has 0 spiro atoms. The van der Waals surface area contributed by atoms with Crippen LogP contribution in [0.3, 0.4) is 0 Å². The van der Waals surface area contributed by atoms with Gasteiger partial charge >= 0.3 is 8.56 Å². The molecule has 220 valence electrons. The van der Waals surface area contributed by atoms with Gasteiger partial charge in [0.25, 0.3) is 0 Å². The van der Waals surface area contributed by atoms with E-state index in [1.165, 1.54) is 16.7 Å². The van der Waals surface area contributed by atoms with Gasteiger partial charge in [0.1, 0.15) is 0 Å². The summed E-state index contributed by atoms with van der Waals surface area (Å²) in [6.45, 7) is 13.9. The fourth-order valence-electron chi connectivity index (χ4n) is 5.62. The Morgan fingerprint density at radius 1 is 0.465 bits per heavy atom. The fourth-order valence-corrected chi connectivity index (χ4v) is 7.91. The van der Waals surface area contributed by atoms with Crippen LogP contribution in [0.4, 0.5) is 34.1 Å².